The molecule has 0 aliphatic rings. The van der Waals surface area contributed by atoms with Crippen LogP contribution in [0, 0.1) is 11.3 Å². The molecular formula is C18H17NO4S. The van der Waals surface area contributed by atoms with Gasteiger partial charge in [0, 0.05) is 6.42 Å². The lowest BCUT2D eigenvalue weighted by Crippen LogP contribution is -2.26. The van der Waals surface area contributed by atoms with E-state index < -0.39 is 12.1 Å². The zero-order chi connectivity index (χ0) is 17.4. The number of thiophene rings is 1. The molecule has 1 atom stereocenters. The number of nitriles is 1. The molecule has 0 aliphatic carbocycles. The maximum Gasteiger partial charge on any atom is 0.347 e. The van der Waals surface area contributed by atoms with Crippen molar-refractivity contribution in [2.75, 3.05) is 6.61 Å². The van der Waals surface area contributed by atoms with Crippen molar-refractivity contribution in [3.8, 4) is 11.8 Å². The van der Waals surface area contributed by atoms with Crippen LogP contribution in [-0.4, -0.2) is 24.5 Å². The summed E-state index contributed by atoms with van der Waals surface area (Å²) in [6.45, 7) is 1.77. The molecule has 0 amide bonds. The molecule has 24 heavy (non-hydrogen) atoms. The molecule has 0 aliphatic heterocycles. The minimum atomic E-state index is -0.758. The van der Waals surface area contributed by atoms with Crippen molar-refractivity contribution in [1.82, 2.24) is 0 Å². The Kier molecular flexibility index (Phi) is 6.52. The van der Waals surface area contributed by atoms with E-state index in [9.17, 15) is 9.59 Å². The van der Waals surface area contributed by atoms with Crippen molar-refractivity contribution >= 4 is 23.1 Å². The Morgan fingerprint density at radius 1 is 1.25 bits per heavy atom. The first-order valence-corrected chi connectivity index (χ1v) is 8.38. The van der Waals surface area contributed by atoms with Crippen LogP contribution in [0.3, 0.4) is 0 Å². The largest absolute Gasteiger partial charge is 0.479 e. The molecule has 124 valence electrons. The first kappa shape index (κ1) is 17.7. The number of esters is 1. The van der Waals surface area contributed by atoms with Crippen LogP contribution in [0.4, 0.5) is 0 Å². The molecule has 6 heteroatoms. The Labute approximate surface area is 144 Å². The number of ketones is 1. The molecule has 0 N–H and O–H groups in total. The highest BCUT2D eigenvalue weighted by Crippen LogP contribution is 2.15. The number of benzene rings is 1. The van der Waals surface area contributed by atoms with E-state index >= 15 is 0 Å². The Morgan fingerprint density at radius 3 is 2.62 bits per heavy atom. The summed E-state index contributed by atoms with van der Waals surface area (Å²) in [5.74, 6) is 0.0668. The predicted molar refractivity (Wildman–Crippen MR) is 90.1 cm³/mol. The van der Waals surface area contributed by atoms with Crippen LogP contribution in [0.5, 0.6) is 5.75 Å². The first-order chi connectivity index (χ1) is 11.6. The van der Waals surface area contributed by atoms with Crippen molar-refractivity contribution in [3.63, 3.8) is 0 Å². The monoisotopic (exact) mass is 343 g/mol. The number of rotatable bonds is 8. The number of carbonyl (C=O) groups is 2. The van der Waals surface area contributed by atoms with Gasteiger partial charge in [-0.2, -0.15) is 5.26 Å². The average Bonchev–Trinajstić information content (AvgIpc) is 3.13. The number of ether oxygens (including phenoxy) is 2. The normalized spacial score (nSPS) is 11.3. The quantitative estimate of drug-likeness (QED) is 0.416. The van der Waals surface area contributed by atoms with Crippen LogP contribution in [0.25, 0.3) is 0 Å². The number of hydrogen-bond acceptors (Lipinski definition) is 6. The molecule has 5 nitrogen and oxygen atoms in total. The van der Waals surface area contributed by atoms with Crippen LogP contribution in [0.2, 0.25) is 0 Å². The molecule has 2 rings (SSSR count). The SMILES string of the molecule is C[C@H](Oc1ccc(C#N)cc1)C(=O)OCCCC(=O)c1cccs1. The molecule has 0 unspecified atom stereocenters. The molecule has 0 saturated heterocycles. The highest BCUT2D eigenvalue weighted by molar-refractivity contribution is 7.12. The number of carbonyl (C=O) groups excluding carboxylic acids is 2. The lowest BCUT2D eigenvalue weighted by Gasteiger charge is -2.13. The van der Waals surface area contributed by atoms with Gasteiger partial charge in [-0.1, -0.05) is 6.07 Å². The fraction of sp³-hybridized carbons (Fsp3) is 0.278. The minimum absolute atomic E-state index is 0.0583. The predicted octanol–water partition coefficient (Wildman–Crippen LogP) is 3.59. The van der Waals surface area contributed by atoms with Crippen LogP contribution < -0.4 is 4.74 Å². The summed E-state index contributed by atoms with van der Waals surface area (Å²) < 4.78 is 10.6. The third-order valence-electron chi connectivity index (χ3n) is 3.22. The maximum atomic E-state index is 11.9. The van der Waals surface area contributed by atoms with Gasteiger partial charge in [0.1, 0.15) is 5.75 Å². The van der Waals surface area contributed by atoms with Gasteiger partial charge in [-0.3, -0.25) is 4.79 Å². The smallest absolute Gasteiger partial charge is 0.347 e. The zero-order valence-electron chi connectivity index (χ0n) is 13.2. The Bertz CT molecular complexity index is 716. The fourth-order valence-corrected chi connectivity index (χ4v) is 2.64. The zero-order valence-corrected chi connectivity index (χ0v) is 14.0. The average molecular weight is 343 g/mol. The number of Topliss-reactive ketones (excluding diaryl/α,β-unsaturated/α-hetero) is 1. The summed E-state index contributed by atoms with van der Waals surface area (Å²) in [5, 5.41) is 10.6. The van der Waals surface area contributed by atoms with E-state index in [2.05, 4.69) is 0 Å². The second kappa shape index (κ2) is 8.85. The Morgan fingerprint density at radius 2 is 2.00 bits per heavy atom. The van der Waals surface area contributed by atoms with E-state index in [1.807, 2.05) is 17.5 Å². The van der Waals surface area contributed by atoms with Gasteiger partial charge in [0.05, 0.1) is 23.1 Å². The van der Waals surface area contributed by atoms with Gasteiger partial charge in [-0.15, -0.1) is 11.3 Å². The third kappa shape index (κ3) is 5.21. The fourth-order valence-electron chi connectivity index (χ4n) is 1.94. The maximum absolute atomic E-state index is 11.9. The van der Waals surface area contributed by atoms with Crippen LogP contribution in [0.15, 0.2) is 41.8 Å². The van der Waals surface area contributed by atoms with E-state index in [0.717, 1.165) is 4.88 Å². The van der Waals surface area contributed by atoms with E-state index in [1.54, 1.807) is 37.3 Å². The highest BCUT2D eigenvalue weighted by Gasteiger charge is 2.16. The topological polar surface area (TPSA) is 76.4 Å². The van der Waals surface area contributed by atoms with Crippen molar-refractivity contribution in [1.29, 1.82) is 5.26 Å². The van der Waals surface area contributed by atoms with Crippen molar-refractivity contribution < 1.29 is 19.1 Å². The second-order valence-corrected chi connectivity index (χ2v) is 6.02. The molecule has 0 spiro atoms. The van der Waals surface area contributed by atoms with Gasteiger partial charge >= 0.3 is 5.97 Å². The molecule has 0 saturated carbocycles. The summed E-state index contributed by atoms with van der Waals surface area (Å²) in [6.07, 6.45) is 0.0657. The van der Waals surface area contributed by atoms with Gasteiger partial charge in [-0.05, 0) is 49.1 Å². The lowest BCUT2D eigenvalue weighted by molar-refractivity contribution is -0.151. The summed E-state index contributed by atoms with van der Waals surface area (Å²) in [6, 6.07) is 12.1. The van der Waals surface area contributed by atoms with Crippen LogP contribution in [0.1, 0.15) is 35.0 Å². The van der Waals surface area contributed by atoms with Crippen LogP contribution in [-0.2, 0) is 9.53 Å². The third-order valence-corrected chi connectivity index (χ3v) is 4.13. The molecule has 2 aromatic rings. The van der Waals surface area contributed by atoms with E-state index in [4.69, 9.17) is 14.7 Å². The van der Waals surface area contributed by atoms with Crippen molar-refractivity contribution in [2.45, 2.75) is 25.9 Å². The van der Waals surface area contributed by atoms with Crippen molar-refractivity contribution in [2.24, 2.45) is 0 Å². The molecule has 0 bridgehead atoms. The molecule has 1 heterocycles. The first-order valence-electron chi connectivity index (χ1n) is 7.50. The minimum Gasteiger partial charge on any atom is -0.479 e. The van der Waals surface area contributed by atoms with Crippen LogP contribution >= 0.6 is 11.3 Å². The second-order valence-electron chi connectivity index (χ2n) is 5.07. The molecule has 0 fully saturated rings. The summed E-state index contributed by atoms with van der Waals surface area (Å²) >= 11 is 1.41. The lowest BCUT2D eigenvalue weighted by atomic mass is 10.2. The van der Waals surface area contributed by atoms with Gasteiger partial charge in [0.25, 0.3) is 0 Å². The molecule has 0 radical (unpaired) electrons. The molecule has 1 aromatic heterocycles. The Balaban J connectivity index is 1.69. The Hall–Kier alpha value is -2.65. The van der Waals surface area contributed by atoms with E-state index in [-0.39, 0.29) is 12.4 Å². The number of hydrogen-bond donors (Lipinski definition) is 0. The summed E-state index contributed by atoms with van der Waals surface area (Å²) in [7, 11) is 0. The van der Waals surface area contributed by atoms with Gasteiger partial charge < -0.3 is 9.47 Å². The van der Waals surface area contributed by atoms with Gasteiger partial charge in [0.2, 0.25) is 0 Å². The summed E-state index contributed by atoms with van der Waals surface area (Å²) in [5.41, 5.74) is 0.521. The van der Waals surface area contributed by atoms with Gasteiger partial charge in [0.15, 0.2) is 11.9 Å². The highest BCUT2D eigenvalue weighted by atomic mass is 32.1. The van der Waals surface area contributed by atoms with E-state index in [1.165, 1.54) is 11.3 Å². The number of nitrogens with zero attached hydrogens (tertiary/aromatic N) is 1. The molecular weight excluding hydrogens is 326 g/mol. The van der Waals surface area contributed by atoms with Crippen molar-refractivity contribution in [3.05, 3.63) is 52.2 Å². The molecule has 1 aromatic carbocycles. The van der Waals surface area contributed by atoms with Gasteiger partial charge in [-0.25, -0.2) is 4.79 Å². The standard InChI is InChI=1S/C18H17NO4S/c1-13(23-15-8-6-14(12-19)7-9-15)18(21)22-10-2-4-16(20)17-5-3-11-24-17/h3,5-9,11,13H,2,4,10H2,1H3/t13-/m0/s1. The van der Waals surface area contributed by atoms with E-state index in [0.29, 0.717) is 24.2 Å². The summed E-state index contributed by atoms with van der Waals surface area (Å²) in [4.78, 5) is 24.4.